The van der Waals surface area contributed by atoms with Gasteiger partial charge in [0, 0.05) is 12.6 Å². The number of nitrogens with one attached hydrogen (secondary N) is 1. The highest BCUT2D eigenvalue weighted by Crippen LogP contribution is 2.19. The van der Waals surface area contributed by atoms with Crippen LogP contribution >= 0.6 is 11.6 Å². The molecule has 0 aliphatic rings. The first-order valence-electron chi connectivity index (χ1n) is 6.35. The van der Waals surface area contributed by atoms with Gasteiger partial charge >= 0.3 is 0 Å². The van der Waals surface area contributed by atoms with Crippen LogP contribution in [0.2, 0.25) is 5.02 Å². The topological polar surface area (TPSA) is 46.9 Å². The zero-order valence-electron chi connectivity index (χ0n) is 11.1. The molecule has 0 unspecified atom stereocenters. The van der Waals surface area contributed by atoms with E-state index in [9.17, 15) is 9.18 Å². The zero-order valence-corrected chi connectivity index (χ0v) is 11.8. The summed E-state index contributed by atoms with van der Waals surface area (Å²) in [4.78, 5) is 11.9. The summed E-state index contributed by atoms with van der Waals surface area (Å²) >= 11 is 5.86. The quantitative estimate of drug-likeness (QED) is 0.922. The Kier molecular flexibility index (Phi) is 4.74. The fourth-order valence-corrected chi connectivity index (χ4v) is 1.94. The normalized spacial score (nSPS) is 10.6. The number of benzene rings is 1. The molecular weight excluding hydrogens is 281 g/mol. The van der Waals surface area contributed by atoms with Crippen molar-refractivity contribution in [1.82, 2.24) is 9.78 Å². The average molecular weight is 296 g/mol. The number of anilines is 1. The van der Waals surface area contributed by atoms with Gasteiger partial charge in [-0.3, -0.25) is 4.79 Å². The van der Waals surface area contributed by atoms with E-state index in [0.717, 1.165) is 13.0 Å². The maximum absolute atomic E-state index is 13.3. The van der Waals surface area contributed by atoms with Crippen molar-refractivity contribution >= 4 is 17.3 Å². The fourth-order valence-electron chi connectivity index (χ4n) is 1.75. The van der Waals surface area contributed by atoms with Crippen molar-refractivity contribution in [3.8, 4) is 0 Å². The van der Waals surface area contributed by atoms with Gasteiger partial charge in [0.25, 0.3) is 5.56 Å². The predicted octanol–water partition coefficient (Wildman–Crippen LogP) is 2.91. The second kappa shape index (κ2) is 6.52. The minimum atomic E-state index is -0.501. The number of hydrogen-bond donors (Lipinski definition) is 1. The Balaban J connectivity index is 2.22. The Hall–Kier alpha value is -1.88. The van der Waals surface area contributed by atoms with Gasteiger partial charge in [-0.15, -0.1) is 0 Å². The van der Waals surface area contributed by atoms with Gasteiger partial charge in [0.15, 0.2) is 0 Å². The van der Waals surface area contributed by atoms with Crippen molar-refractivity contribution in [2.24, 2.45) is 0 Å². The lowest BCUT2D eigenvalue weighted by molar-refractivity contribution is 0.611. The van der Waals surface area contributed by atoms with Crippen molar-refractivity contribution in [3.63, 3.8) is 0 Å². The predicted molar refractivity (Wildman–Crippen MR) is 77.8 cm³/mol. The Morgan fingerprint density at radius 1 is 1.45 bits per heavy atom. The largest absolute Gasteiger partial charge is 0.384 e. The highest BCUT2D eigenvalue weighted by molar-refractivity contribution is 6.31. The summed E-state index contributed by atoms with van der Waals surface area (Å²) in [5.41, 5.74) is 0.945. The van der Waals surface area contributed by atoms with Gasteiger partial charge in [0.2, 0.25) is 0 Å². The standard InChI is InChI=1S/C14H15ClFN3O/c1-2-6-17-11-7-13(20)19(18-8-11)9-10-4-3-5-12(16)14(10)15/h3-5,7-8,17H,2,6,9H2,1H3. The first-order valence-corrected chi connectivity index (χ1v) is 6.73. The number of aromatic nitrogens is 2. The molecule has 0 aliphatic carbocycles. The van der Waals surface area contributed by atoms with E-state index in [2.05, 4.69) is 10.4 Å². The van der Waals surface area contributed by atoms with E-state index in [1.165, 1.54) is 16.8 Å². The van der Waals surface area contributed by atoms with Gasteiger partial charge in [-0.1, -0.05) is 30.7 Å². The minimum Gasteiger partial charge on any atom is -0.384 e. The molecule has 0 fully saturated rings. The molecule has 0 amide bonds. The van der Waals surface area contributed by atoms with E-state index < -0.39 is 5.82 Å². The molecule has 1 N–H and O–H groups in total. The lowest BCUT2D eigenvalue weighted by Crippen LogP contribution is -2.23. The lowest BCUT2D eigenvalue weighted by Gasteiger charge is -2.08. The number of nitrogens with zero attached hydrogens (tertiary/aromatic N) is 2. The summed E-state index contributed by atoms with van der Waals surface area (Å²) in [6.07, 6.45) is 2.53. The van der Waals surface area contributed by atoms with Gasteiger partial charge in [-0.2, -0.15) is 5.10 Å². The van der Waals surface area contributed by atoms with Crippen molar-refractivity contribution in [1.29, 1.82) is 0 Å². The van der Waals surface area contributed by atoms with E-state index in [-0.39, 0.29) is 17.1 Å². The second-order valence-electron chi connectivity index (χ2n) is 4.38. The molecule has 6 heteroatoms. The molecule has 1 aromatic carbocycles. The molecule has 0 atom stereocenters. The van der Waals surface area contributed by atoms with Crippen LogP contribution in [0.3, 0.4) is 0 Å². The lowest BCUT2D eigenvalue weighted by atomic mass is 10.2. The van der Waals surface area contributed by atoms with Crippen molar-refractivity contribution < 1.29 is 4.39 Å². The van der Waals surface area contributed by atoms with Gasteiger partial charge in [-0.25, -0.2) is 9.07 Å². The van der Waals surface area contributed by atoms with E-state index in [4.69, 9.17) is 11.6 Å². The Morgan fingerprint density at radius 3 is 2.95 bits per heavy atom. The molecule has 20 heavy (non-hydrogen) atoms. The molecule has 106 valence electrons. The van der Waals surface area contributed by atoms with Crippen LogP contribution in [-0.2, 0) is 6.54 Å². The third-order valence-corrected chi connectivity index (χ3v) is 3.22. The van der Waals surface area contributed by atoms with Crippen molar-refractivity contribution in [3.05, 3.63) is 57.2 Å². The summed E-state index contributed by atoms with van der Waals surface area (Å²) in [6.45, 7) is 2.96. The minimum absolute atomic E-state index is 0.0226. The van der Waals surface area contributed by atoms with Crippen LogP contribution in [0.5, 0.6) is 0 Å². The molecule has 4 nitrogen and oxygen atoms in total. The second-order valence-corrected chi connectivity index (χ2v) is 4.76. The zero-order chi connectivity index (χ0) is 14.5. The molecule has 0 spiro atoms. The number of rotatable bonds is 5. The fraction of sp³-hybridized carbons (Fsp3) is 0.286. The average Bonchev–Trinajstić information content (AvgIpc) is 2.44. The first kappa shape index (κ1) is 14.5. The molecule has 0 radical (unpaired) electrons. The summed E-state index contributed by atoms with van der Waals surface area (Å²) < 4.78 is 14.6. The van der Waals surface area contributed by atoms with E-state index in [1.807, 2.05) is 6.92 Å². The third-order valence-electron chi connectivity index (χ3n) is 2.80. The van der Waals surface area contributed by atoms with Crippen LogP contribution in [0, 0.1) is 5.82 Å². The van der Waals surface area contributed by atoms with Crippen LogP contribution in [0.25, 0.3) is 0 Å². The SMILES string of the molecule is CCCNc1cnn(Cc2cccc(F)c2Cl)c(=O)c1. The monoisotopic (exact) mass is 295 g/mol. The molecule has 0 bridgehead atoms. The molecule has 0 saturated carbocycles. The highest BCUT2D eigenvalue weighted by atomic mass is 35.5. The maximum Gasteiger partial charge on any atom is 0.269 e. The summed E-state index contributed by atoms with van der Waals surface area (Å²) in [6, 6.07) is 5.97. The summed E-state index contributed by atoms with van der Waals surface area (Å²) in [7, 11) is 0. The molecule has 0 saturated heterocycles. The van der Waals surface area contributed by atoms with Crippen LogP contribution in [0.1, 0.15) is 18.9 Å². The van der Waals surface area contributed by atoms with Gasteiger partial charge in [0.05, 0.1) is 23.5 Å². The van der Waals surface area contributed by atoms with Crippen LogP contribution in [0.15, 0.2) is 35.3 Å². The third kappa shape index (κ3) is 3.36. The molecule has 0 aliphatic heterocycles. The Labute approximate surface area is 121 Å². The van der Waals surface area contributed by atoms with E-state index in [1.54, 1.807) is 18.3 Å². The molecule has 1 aromatic heterocycles. The van der Waals surface area contributed by atoms with E-state index >= 15 is 0 Å². The summed E-state index contributed by atoms with van der Waals surface area (Å²) in [5, 5.41) is 7.17. The van der Waals surface area contributed by atoms with E-state index in [0.29, 0.717) is 11.3 Å². The first-order chi connectivity index (χ1) is 9.61. The summed E-state index contributed by atoms with van der Waals surface area (Å²) in [5.74, 6) is -0.501. The molecule has 2 rings (SSSR count). The van der Waals surface area contributed by atoms with Crippen molar-refractivity contribution in [2.75, 3.05) is 11.9 Å². The van der Waals surface area contributed by atoms with Crippen LogP contribution in [0.4, 0.5) is 10.1 Å². The van der Waals surface area contributed by atoms with Gasteiger partial charge in [-0.05, 0) is 18.1 Å². The van der Waals surface area contributed by atoms with Gasteiger partial charge in [0.1, 0.15) is 5.82 Å². The molecule has 1 heterocycles. The van der Waals surface area contributed by atoms with Crippen molar-refractivity contribution in [2.45, 2.75) is 19.9 Å². The highest BCUT2D eigenvalue weighted by Gasteiger charge is 2.08. The Morgan fingerprint density at radius 2 is 2.25 bits per heavy atom. The van der Waals surface area contributed by atoms with Gasteiger partial charge < -0.3 is 5.32 Å². The maximum atomic E-state index is 13.3. The van der Waals surface area contributed by atoms with Crippen LogP contribution in [-0.4, -0.2) is 16.3 Å². The smallest absolute Gasteiger partial charge is 0.269 e. The number of hydrogen-bond acceptors (Lipinski definition) is 3. The Bertz CT molecular complexity index is 657. The number of halogens is 2. The molecular formula is C14H15ClFN3O. The molecule has 2 aromatic rings. The van der Waals surface area contributed by atoms with Crippen LogP contribution < -0.4 is 10.9 Å².